The lowest BCUT2D eigenvalue weighted by molar-refractivity contribution is -0.151. The first-order valence-electron chi connectivity index (χ1n) is 5.94. The standard InChI is InChI=1S/C13H14F3NO3S/c1-7(2)20-11(18)6-19-10-4-3-8(12(17)21)5-9(10)13(14,15)16/h3-5,7H,6H2,1-2H3,(H2,17,21). The molecule has 0 spiro atoms. The van der Waals surface area contributed by atoms with Crippen LogP contribution in [-0.4, -0.2) is 23.7 Å². The monoisotopic (exact) mass is 321 g/mol. The van der Waals surface area contributed by atoms with Crippen molar-refractivity contribution < 1.29 is 27.4 Å². The van der Waals surface area contributed by atoms with E-state index < -0.39 is 30.1 Å². The third-order valence-electron chi connectivity index (χ3n) is 2.28. The van der Waals surface area contributed by atoms with Gasteiger partial charge in [0.05, 0.1) is 11.7 Å². The van der Waals surface area contributed by atoms with Gasteiger partial charge in [-0.2, -0.15) is 13.2 Å². The number of ether oxygens (including phenoxy) is 2. The van der Waals surface area contributed by atoms with Crippen molar-refractivity contribution in [2.75, 3.05) is 6.61 Å². The van der Waals surface area contributed by atoms with Crippen LogP contribution in [0.25, 0.3) is 0 Å². The molecule has 0 heterocycles. The summed E-state index contributed by atoms with van der Waals surface area (Å²) in [6.07, 6.45) is -5.03. The van der Waals surface area contributed by atoms with Crippen LogP contribution in [0.4, 0.5) is 13.2 Å². The Morgan fingerprint density at radius 3 is 2.48 bits per heavy atom. The first-order chi connectivity index (χ1) is 9.61. The molecule has 1 aromatic carbocycles. The molecule has 0 radical (unpaired) electrons. The van der Waals surface area contributed by atoms with Gasteiger partial charge in [0.25, 0.3) is 0 Å². The van der Waals surface area contributed by atoms with Gasteiger partial charge in [0.2, 0.25) is 0 Å². The number of carbonyl (C=O) groups is 1. The smallest absolute Gasteiger partial charge is 0.419 e. The van der Waals surface area contributed by atoms with Crippen molar-refractivity contribution in [2.45, 2.75) is 26.1 Å². The average Bonchev–Trinajstić information content (AvgIpc) is 2.34. The van der Waals surface area contributed by atoms with Crippen molar-refractivity contribution >= 4 is 23.2 Å². The lowest BCUT2D eigenvalue weighted by atomic mass is 10.1. The highest BCUT2D eigenvalue weighted by atomic mass is 32.1. The first kappa shape index (κ1) is 17.2. The Kier molecular flexibility index (Phi) is 5.54. The van der Waals surface area contributed by atoms with Crippen LogP contribution >= 0.6 is 12.2 Å². The molecule has 0 saturated heterocycles. The molecule has 0 aliphatic heterocycles. The highest BCUT2D eigenvalue weighted by molar-refractivity contribution is 7.80. The predicted molar refractivity (Wildman–Crippen MR) is 74.1 cm³/mol. The van der Waals surface area contributed by atoms with Gasteiger partial charge in [0.15, 0.2) is 6.61 Å². The van der Waals surface area contributed by atoms with E-state index in [0.29, 0.717) is 0 Å². The fourth-order valence-corrected chi connectivity index (χ4v) is 1.59. The second-order valence-electron chi connectivity index (χ2n) is 4.40. The molecule has 0 aromatic heterocycles. The van der Waals surface area contributed by atoms with Crippen molar-refractivity contribution in [1.82, 2.24) is 0 Å². The molecule has 4 nitrogen and oxygen atoms in total. The number of esters is 1. The zero-order valence-electron chi connectivity index (χ0n) is 11.4. The van der Waals surface area contributed by atoms with Crippen LogP contribution in [0.2, 0.25) is 0 Å². The minimum absolute atomic E-state index is 0.0643. The van der Waals surface area contributed by atoms with Gasteiger partial charge in [0.1, 0.15) is 10.7 Å². The first-order valence-corrected chi connectivity index (χ1v) is 6.35. The number of alkyl halides is 3. The van der Waals surface area contributed by atoms with E-state index >= 15 is 0 Å². The minimum Gasteiger partial charge on any atom is -0.481 e. The maximum Gasteiger partial charge on any atom is 0.419 e. The number of halogens is 3. The van der Waals surface area contributed by atoms with Gasteiger partial charge < -0.3 is 15.2 Å². The zero-order chi connectivity index (χ0) is 16.2. The molecule has 1 rings (SSSR count). The SMILES string of the molecule is CC(C)OC(=O)COc1ccc(C(N)=S)cc1C(F)(F)F. The van der Waals surface area contributed by atoms with E-state index in [1.165, 1.54) is 6.07 Å². The Bertz CT molecular complexity index is 544. The summed E-state index contributed by atoms with van der Waals surface area (Å²) >= 11 is 4.64. The van der Waals surface area contributed by atoms with Crippen molar-refractivity contribution in [2.24, 2.45) is 5.73 Å². The molecule has 0 fully saturated rings. The molecule has 1 aromatic rings. The molecule has 116 valence electrons. The minimum atomic E-state index is -4.65. The summed E-state index contributed by atoms with van der Waals surface area (Å²) < 4.78 is 48.5. The molecular weight excluding hydrogens is 307 g/mol. The van der Waals surface area contributed by atoms with Gasteiger partial charge in [-0.1, -0.05) is 12.2 Å². The molecule has 0 unspecified atom stereocenters. The summed E-state index contributed by atoms with van der Waals surface area (Å²) in [5.41, 5.74) is 4.32. The lowest BCUT2D eigenvalue weighted by Crippen LogP contribution is -2.20. The Balaban J connectivity index is 2.96. The largest absolute Gasteiger partial charge is 0.481 e. The van der Waals surface area contributed by atoms with Crippen molar-refractivity contribution in [1.29, 1.82) is 0 Å². The lowest BCUT2D eigenvalue weighted by Gasteiger charge is -2.15. The highest BCUT2D eigenvalue weighted by Crippen LogP contribution is 2.36. The van der Waals surface area contributed by atoms with E-state index in [0.717, 1.165) is 12.1 Å². The highest BCUT2D eigenvalue weighted by Gasteiger charge is 2.35. The summed E-state index contributed by atoms with van der Waals surface area (Å²) in [7, 11) is 0. The van der Waals surface area contributed by atoms with Gasteiger partial charge in [-0.15, -0.1) is 0 Å². The molecule has 0 saturated carbocycles. The summed E-state index contributed by atoms with van der Waals surface area (Å²) in [6, 6.07) is 3.14. The Labute approximate surface area is 125 Å². The molecule has 0 amide bonds. The molecule has 21 heavy (non-hydrogen) atoms. The molecule has 2 N–H and O–H groups in total. The zero-order valence-corrected chi connectivity index (χ0v) is 12.2. The number of thiocarbonyl (C=S) groups is 1. The van der Waals surface area contributed by atoms with E-state index in [4.69, 9.17) is 15.2 Å². The fourth-order valence-electron chi connectivity index (χ4n) is 1.46. The number of benzene rings is 1. The third kappa shape index (κ3) is 5.22. The van der Waals surface area contributed by atoms with Crippen molar-refractivity contribution in [3.8, 4) is 5.75 Å². The molecule has 8 heteroatoms. The van der Waals surface area contributed by atoms with Gasteiger partial charge >= 0.3 is 12.1 Å². The maximum absolute atomic E-state index is 12.9. The van der Waals surface area contributed by atoms with E-state index in [1.54, 1.807) is 13.8 Å². The summed E-state index contributed by atoms with van der Waals surface area (Å²) in [6.45, 7) is 2.62. The summed E-state index contributed by atoms with van der Waals surface area (Å²) in [4.78, 5) is 11.1. The molecule has 0 aliphatic rings. The number of hydrogen-bond donors (Lipinski definition) is 1. The summed E-state index contributed by atoms with van der Waals surface area (Å²) in [5.74, 6) is -1.24. The van der Waals surface area contributed by atoms with Crippen LogP contribution < -0.4 is 10.5 Å². The fraction of sp³-hybridized carbons (Fsp3) is 0.385. The normalized spacial score (nSPS) is 11.3. The molecular formula is C13H14F3NO3S. The van der Waals surface area contributed by atoms with Gasteiger partial charge in [-0.25, -0.2) is 4.79 Å². The van der Waals surface area contributed by atoms with Crippen LogP contribution in [0.5, 0.6) is 5.75 Å². The maximum atomic E-state index is 12.9. The van der Waals surface area contributed by atoms with Crippen LogP contribution in [0.3, 0.4) is 0 Å². The summed E-state index contributed by atoms with van der Waals surface area (Å²) in [5, 5.41) is 0. The van der Waals surface area contributed by atoms with E-state index in [2.05, 4.69) is 12.2 Å². The van der Waals surface area contributed by atoms with E-state index in [1.807, 2.05) is 0 Å². The third-order valence-corrected chi connectivity index (χ3v) is 2.52. The van der Waals surface area contributed by atoms with Crippen LogP contribution in [-0.2, 0) is 15.7 Å². The van der Waals surface area contributed by atoms with Gasteiger partial charge in [0, 0.05) is 5.56 Å². The molecule has 0 bridgehead atoms. The second kappa shape index (κ2) is 6.75. The number of rotatable bonds is 5. The quantitative estimate of drug-likeness (QED) is 0.667. The van der Waals surface area contributed by atoms with Crippen LogP contribution in [0.1, 0.15) is 25.0 Å². The van der Waals surface area contributed by atoms with Crippen molar-refractivity contribution in [3.63, 3.8) is 0 Å². The van der Waals surface area contributed by atoms with Gasteiger partial charge in [-0.05, 0) is 32.0 Å². The number of hydrogen-bond acceptors (Lipinski definition) is 4. The Morgan fingerprint density at radius 1 is 1.38 bits per heavy atom. The second-order valence-corrected chi connectivity index (χ2v) is 4.84. The van der Waals surface area contributed by atoms with Crippen LogP contribution in [0.15, 0.2) is 18.2 Å². The number of nitrogens with two attached hydrogens (primary N) is 1. The molecule has 0 aliphatic carbocycles. The number of carbonyl (C=O) groups excluding carboxylic acids is 1. The van der Waals surface area contributed by atoms with E-state index in [-0.39, 0.29) is 16.7 Å². The molecule has 0 atom stereocenters. The topological polar surface area (TPSA) is 61.5 Å². The Morgan fingerprint density at radius 2 is 2.00 bits per heavy atom. The van der Waals surface area contributed by atoms with Crippen molar-refractivity contribution in [3.05, 3.63) is 29.3 Å². The Hall–Kier alpha value is -1.83. The van der Waals surface area contributed by atoms with E-state index in [9.17, 15) is 18.0 Å². The van der Waals surface area contributed by atoms with Crippen LogP contribution in [0, 0.1) is 0 Å². The van der Waals surface area contributed by atoms with Gasteiger partial charge in [-0.3, -0.25) is 0 Å². The predicted octanol–water partition coefficient (Wildman–Crippen LogP) is 2.67. The average molecular weight is 321 g/mol.